The molecule has 3 rings (SSSR count). The van der Waals surface area contributed by atoms with Gasteiger partial charge in [0.05, 0.1) is 22.1 Å². The monoisotopic (exact) mass is 489 g/mol. The summed E-state index contributed by atoms with van der Waals surface area (Å²) >= 11 is 5.89. The Hall–Kier alpha value is -3.63. The molecule has 0 heterocycles. The number of nitro benzene ring substituents is 1. The first-order valence-corrected chi connectivity index (χ1v) is 11.6. The third kappa shape index (κ3) is 5.79. The zero-order chi connectivity index (χ0) is 24.0. The summed E-state index contributed by atoms with van der Waals surface area (Å²) in [5.74, 6) is -0.417. The predicted octanol–water partition coefficient (Wildman–Crippen LogP) is 4.48. The fourth-order valence-corrected chi connectivity index (χ4v) is 4.56. The van der Waals surface area contributed by atoms with Crippen molar-refractivity contribution in [3.8, 4) is 5.75 Å². The lowest BCUT2D eigenvalue weighted by atomic mass is 10.2. The second-order valence-corrected chi connectivity index (χ2v) is 9.02. The number of amides is 1. The SMILES string of the molecule is CCOc1ccccc1N(CC(=O)Nc1cccc([N+](=O)[O-])c1)S(=O)(=O)c1ccc(Cl)cc1. The molecule has 0 saturated carbocycles. The van der Waals surface area contributed by atoms with Crippen LogP contribution in [0, 0.1) is 10.1 Å². The highest BCUT2D eigenvalue weighted by Crippen LogP contribution is 2.33. The third-order valence-corrected chi connectivity index (χ3v) is 6.49. The number of nitro groups is 1. The van der Waals surface area contributed by atoms with E-state index in [4.69, 9.17) is 16.3 Å². The smallest absolute Gasteiger partial charge is 0.271 e. The van der Waals surface area contributed by atoms with E-state index in [0.29, 0.717) is 5.02 Å². The van der Waals surface area contributed by atoms with Crippen LogP contribution in [0.5, 0.6) is 5.75 Å². The first-order chi connectivity index (χ1) is 15.7. The third-order valence-electron chi connectivity index (χ3n) is 4.46. The number of non-ortho nitro benzene ring substituents is 1. The number of carbonyl (C=O) groups is 1. The summed E-state index contributed by atoms with van der Waals surface area (Å²) in [4.78, 5) is 23.2. The fourth-order valence-electron chi connectivity index (χ4n) is 3.00. The Kier molecular flexibility index (Phi) is 7.52. The molecule has 0 spiro atoms. The van der Waals surface area contributed by atoms with Crippen molar-refractivity contribution in [1.29, 1.82) is 0 Å². The molecule has 1 N–H and O–H groups in total. The Morgan fingerprint density at radius 3 is 2.45 bits per heavy atom. The summed E-state index contributed by atoms with van der Waals surface area (Å²) in [6, 6.07) is 17.3. The number of benzene rings is 3. The van der Waals surface area contributed by atoms with Crippen LogP contribution in [0.3, 0.4) is 0 Å². The van der Waals surface area contributed by atoms with Gasteiger partial charge in [-0.15, -0.1) is 0 Å². The topological polar surface area (TPSA) is 119 Å². The Morgan fingerprint density at radius 2 is 1.79 bits per heavy atom. The largest absolute Gasteiger partial charge is 0.492 e. The standard InChI is InChI=1S/C22H20ClN3O6S/c1-2-32-21-9-4-3-8-20(21)25(33(30,31)19-12-10-16(23)11-13-19)15-22(27)24-17-6-5-7-18(14-17)26(28)29/h3-14H,2,15H2,1H3,(H,24,27). The van der Waals surface area contributed by atoms with Crippen molar-refractivity contribution in [2.75, 3.05) is 22.8 Å². The van der Waals surface area contributed by atoms with Crippen LogP contribution in [0.1, 0.15) is 6.92 Å². The maximum absolute atomic E-state index is 13.5. The number of nitrogens with zero attached hydrogens (tertiary/aromatic N) is 2. The van der Waals surface area contributed by atoms with E-state index in [2.05, 4.69) is 5.32 Å². The number of rotatable bonds is 9. The van der Waals surface area contributed by atoms with Gasteiger partial charge in [-0.05, 0) is 49.4 Å². The van der Waals surface area contributed by atoms with E-state index in [1.54, 1.807) is 25.1 Å². The summed E-state index contributed by atoms with van der Waals surface area (Å²) < 4.78 is 33.5. The number of ether oxygens (including phenoxy) is 1. The minimum Gasteiger partial charge on any atom is -0.492 e. The van der Waals surface area contributed by atoms with Gasteiger partial charge in [0.1, 0.15) is 12.3 Å². The first kappa shape index (κ1) is 24.0. The molecule has 3 aromatic rings. The van der Waals surface area contributed by atoms with Crippen LogP contribution in [0.15, 0.2) is 77.7 Å². The molecular formula is C22H20ClN3O6S. The van der Waals surface area contributed by atoms with Crippen molar-refractivity contribution in [3.05, 3.63) is 87.9 Å². The zero-order valence-corrected chi connectivity index (χ0v) is 19.0. The van der Waals surface area contributed by atoms with Gasteiger partial charge in [0, 0.05) is 22.8 Å². The molecule has 11 heteroatoms. The summed E-state index contributed by atoms with van der Waals surface area (Å²) in [7, 11) is -4.20. The van der Waals surface area contributed by atoms with Gasteiger partial charge in [-0.3, -0.25) is 19.2 Å². The van der Waals surface area contributed by atoms with Crippen LogP contribution < -0.4 is 14.4 Å². The van der Waals surface area contributed by atoms with Gasteiger partial charge in [0.25, 0.3) is 15.7 Å². The molecule has 9 nitrogen and oxygen atoms in total. The molecule has 0 aliphatic rings. The fraction of sp³-hybridized carbons (Fsp3) is 0.136. The lowest BCUT2D eigenvalue weighted by Gasteiger charge is -2.26. The number of nitrogens with one attached hydrogen (secondary N) is 1. The van der Waals surface area contributed by atoms with Crippen LogP contribution in [0.2, 0.25) is 5.02 Å². The van der Waals surface area contributed by atoms with Gasteiger partial charge in [-0.1, -0.05) is 29.8 Å². The van der Waals surface area contributed by atoms with Gasteiger partial charge < -0.3 is 10.1 Å². The average Bonchev–Trinajstić information content (AvgIpc) is 2.78. The van der Waals surface area contributed by atoms with Gasteiger partial charge >= 0.3 is 0 Å². The maximum Gasteiger partial charge on any atom is 0.271 e. The predicted molar refractivity (Wildman–Crippen MR) is 125 cm³/mol. The number of carbonyl (C=O) groups excluding carboxylic acids is 1. The molecule has 0 unspecified atom stereocenters. The molecule has 3 aromatic carbocycles. The van der Waals surface area contributed by atoms with Crippen LogP contribution in [0.25, 0.3) is 0 Å². The molecule has 0 radical (unpaired) electrons. The molecule has 0 aliphatic heterocycles. The Bertz CT molecular complexity index is 1270. The van der Waals surface area contributed by atoms with E-state index in [0.717, 1.165) is 4.31 Å². The molecule has 172 valence electrons. The van der Waals surface area contributed by atoms with Crippen molar-refractivity contribution in [3.63, 3.8) is 0 Å². The lowest BCUT2D eigenvalue weighted by molar-refractivity contribution is -0.384. The van der Waals surface area contributed by atoms with Gasteiger partial charge in [-0.25, -0.2) is 8.42 Å². The second-order valence-electron chi connectivity index (χ2n) is 6.72. The van der Waals surface area contributed by atoms with E-state index in [1.807, 2.05) is 0 Å². The maximum atomic E-state index is 13.5. The number of hydrogen-bond acceptors (Lipinski definition) is 6. The van der Waals surface area contributed by atoms with Crippen LogP contribution in [-0.2, 0) is 14.8 Å². The number of para-hydroxylation sites is 2. The molecule has 1 amide bonds. The summed E-state index contributed by atoms with van der Waals surface area (Å²) in [6.45, 7) is 1.44. The number of hydrogen-bond donors (Lipinski definition) is 1. The summed E-state index contributed by atoms with van der Waals surface area (Å²) in [6.07, 6.45) is 0. The highest BCUT2D eigenvalue weighted by Gasteiger charge is 2.29. The van der Waals surface area contributed by atoms with Crippen LogP contribution >= 0.6 is 11.6 Å². The van der Waals surface area contributed by atoms with Gasteiger partial charge in [0.15, 0.2) is 0 Å². The molecular weight excluding hydrogens is 470 g/mol. The molecule has 0 aromatic heterocycles. The van der Waals surface area contributed by atoms with E-state index in [1.165, 1.54) is 54.6 Å². The molecule has 0 aliphatic carbocycles. The minimum atomic E-state index is -4.20. The van der Waals surface area contributed by atoms with Gasteiger partial charge in [-0.2, -0.15) is 0 Å². The van der Waals surface area contributed by atoms with Crippen LogP contribution in [-0.4, -0.2) is 32.4 Å². The highest BCUT2D eigenvalue weighted by atomic mass is 35.5. The first-order valence-electron chi connectivity index (χ1n) is 9.77. The quantitative estimate of drug-likeness (QED) is 0.349. The van der Waals surface area contributed by atoms with E-state index in [9.17, 15) is 23.3 Å². The molecule has 0 saturated heterocycles. The van der Waals surface area contributed by atoms with E-state index >= 15 is 0 Å². The Morgan fingerprint density at radius 1 is 1.09 bits per heavy atom. The van der Waals surface area contributed by atoms with Crippen molar-refractivity contribution >= 4 is 44.6 Å². The Balaban J connectivity index is 1.99. The summed E-state index contributed by atoms with van der Waals surface area (Å²) in [5.41, 5.74) is 0.125. The second kappa shape index (κ2) is 10.3. The minimum absolute atomic E-state index is 0.0682. The number of halogens is 1. The van der Waals surface area contributed by atoms with Crippen molar-refractivity contribution in [1.82, 2.24) is 0 Å². The average molecular weight is 490 g/mol. The highest BCUT2D eigenvalue weighted by molar-refractivity contribution is 7.92. The number of sulfonamides is 1. The zero-order valence-electron chi connectivity index (χ0n) is 17.5. The molecule has 33 heavy (non-hydrogen) atoms. The summed E-state index contributed by atoms with van der Waals surface area (Å²) in [5, 5.41) is 13.9. The van der Waals surface area contributed by atoms with Crippen molar-refractivity contribution < 1.29 is 22.9 Å². The number of anilines is 2. The molecule has 0 bridgehead atoms. The Labute approximate surface area is 195 Å². The van der Waals surface area contributed by atoms with Crippen molar-refractivity contribution in [2.45, 2.75) is 11.8 Å². The van der Waals surface area contributed by atoms with Gasteiger partial charge in [0.2, 0.25) is 5.91 Å². The van der Waals surface area contributed by atoms with E-state index in [-0.39, 0.29) is 34.3 Å². The van der Waals surface area contributed by atoms with Crippen LogP contribution in [0.4, 0.5) is 17.1 Å². The van der Waals surface area contributed by atoms with E-state index < -0.39 is 27.4 Å². The lowest BCUT2D eigenvalue weighted by Crippen LogP contribution is -2.38. The molecule has 0 atom stereocenters. The molecule has 0 fully saturated rings. The van der Waals surface area contributed by atoms with Crippen molar-refractivity contribution in [2.24, 2.45) is 0 Å². The normalized spacial score (nSPS) is 11.0.